The highest BCUT2D eigenvalue weighted by molar-refractivity contribution is 5.40. The van der Waals surface area contributed by atoms with Gasteiger partial charge in [0.05, 0.1) is 11.6 Å². The normalized spacial score (nSPS) is 13.2. The predicted molar refractivity (Wildman–Crippen MR) is 71.7 cm³/mol. The first-order valence-corrected chi connectivity index (χ1v) is 6.22. The minimum absolute atomic E-state index is 0.0440. The smallest absolute Gasteiger partial charge is 0.271 e. The zero-order valence-corrected chi connectivity index (χ0v) is 11.2. The van der Waals surface area contributed by atoms with Crippen molar-refractivity contribution in [3.63, 3.8) is 0 Å². The number of halogens is 4. The molecule has 0 saturated heterocycles. The van der Waals surface area contributed by atoms with Crippen LogP contribution in [0.15, 0.2) is 42.5 Å². The van der Waals surface area contributed by atoms with Gasteiger partial charge in [0.2, 0.25) is 0 Å². The number of hydrazine groups is 1. The van der Waals surface area contributed by atoms with Crippen LogP contribution in [0.3, 0.4) is 0 Å². The molecule has 0 aliphatic heterocycles. The van der Waals surface area contributed by atoms with E-state index in [0.29, 0.717) is 11.1 Å². The van der Waals surface area contributed by atoms with Gasteiger partial charge in [-0.2, -0.15) is 13.2 Å². The maximum atomic E-state index is 13.5. The van der Waals surface area contributed by atoms with Crippen molar-refractivity contribution in [2.45, 2.75) is 19.1 Å². The molecule has 1 atom stereocenters. The second-order valence-electron chi connectivity index (χ2n) is 4.75. The molecule has 0 bridgehead atoms. The maximum Gasteiger partial charge on any atom is 0.416 e. The van der Waals surface area contributed by atoms with Crippen LogP contribution >= 0.6 is 0 Å². The summed E-state index contributed by atoms with van der Waals surface area (Å²) in [6, 6.07) is 8.22. The number of benzene rings is 2. The quantitative estimate of drug-likeness (QED) is 0.515. The Labute approximate surface area is 119 Å². The summed E-state index contributed by atoms with van der Waals surface area (Å²) in [6.45, 7) is 1.66. The Kier molecular flexibility index (Phi) is 4.29. The lowest BCUT2D eigenvalue weighted by Gasteiger charge is -2.22. The third-order valence-corrected chi connectivity index (χ3v) is 3.14. The van der Waals surface area contributed by atoms with Crippen LogP contribution in [0, 0.1) is 12.7 Å². The first-order chi connectivity index (χ1) is 9.82. The Morgan fingerprint density at radius 2 is 1.76 bits per heavy atom. The lowest BCUT2D eigenvalue weighted by Crippen LogP contribution is -2.30. The monoisotopic (exact) mass is 298 g/mol. The molecule has 0 heterocycles. The molecule has 2 aromatic rings. The first-order valence-electron chi connectivity index (χ1n) is 6.22. The molecule has 0 aliphatic carbocycles. The average Bonchev–Trinajstić information content (AvgIpc) is 2.38. The van der Waals surface area contributed by atoms with Gasteiger partial charge in [-0.25, -0.2) is 9.82 Å². The molecule has 1 unspecified atom stereocenters. The van der Waals surface area contributed by atoms with E-state index in [1.165, 1.54) is 30.3 Å². The number of nitrogens with two attached hydrogens (primary N) is 1. The van der Waals surface area contributed by atoms with Gasteiger partial charge in [-0.1, -0.05) is 24.3 Å². The van der Waals surface area contributed by atoms with Crippen LogP contribution in [0.5, 0.6) is 0 Å². The second-order valence-corrected chi connectivity index (χ2v) is 4.75. The third kappa shape index (κ3) is 3.40. The van der Waals surface area contributed by atoms with Crippen molar-refractivity contribution in [3.8, 4) is 0 Å². The molecule has 0 fully saturated rings. The molecule has 0 saturated carbocycles. The molecule has 0 radical (unpaired) electrons. The number of nitrogens with one attached hydrogen (secondary N) is 1. The van der Waals surface area contributed by atoms with Gasteiger partial charge in [-0.15, -0.1) is 0 Å². The van der Waals surface area contributed by atoms with Gasteiger partial charge in [0.1, 0.15) is 5.82 Å². The van der Waals surface area contributed by atoms with E-state index in [1.807, 2.05) is 0 Å². The molecular weight excluding hydrogens is 284 g/mol. The van der Waals surface area contributed by atoms with Gasteiger partial charge < -0.3 is 0 Å². The lowest BCUT2D eigenvalue weighted by molar-refractivity contribution is -0.138. The SMILES string of the molecule is Cc1cc(F)cc(C(NN)c2ccccc2C(F)(F)F)c1. The van der Waals surface area contributed by atoms with E-state index < -0.39 is 23.6 Å². The first kappa shape index (κ1) is 15.5. The molecule has 112 valence electrons. The largest absolute Gasteiger partial charge is 0.416 e. The number of hydrogen-bond donors (Lipinski definition) is 2. The van der Waals surface area contributed by atoms with Crippen LogP contribution in [-0.2, 0) is 6.18 Å². The highest BCUT2D eigenvalue weighted by Gasteiger charge is 2.35. The van der Waals surface area contributed by atoms with Crippen molar-refractivity contribution in [3.05, 3.63) is 70.5 Å². The summed E-state index contributed by atoms with van der Waals surface area (Å²) in [5, 5.41) is 0. The molecule has 0 aliphatic rings. The number of aryl methyl sites for hydroxylation is 1. The van der Waals surface area contributed by atoms with Gasteiger partial charge in [0.15, 0.2) is 0 Å². The number of rotatable bonds is 3. The van der Waals surface area contributed by atoms with Crippen LogP contribution in [0.25, 0.3) is 0 Å². The summed E-state index contributed by atoms with van der Waals surface area (Å²) in [6.07, 6.45) is -4.51. The molecule has 21 heavy (non-hydrogen) atoms. The Hall–Kier alpha value is -1.92. The summed E-state index contributed by atoms with van der Waals surface area (Å²) in [4.78, 5) is 0. The van der Waals surface area contributed by atoms with Crippen LogP contribution in [0.1, 0.15) is 28.3 Å². The Balaban J connectivity index is 2.57. The second kappa shape index (κ2) is 5.83. The van der Waals surface area contributed by atoms with Crippen LogP contribution in [-0.4, -0.2) is 0 Å². The van der Waals surface area contributed by atoms with Gasteiger partial charge in [0.25, 0.3) is 0 Å². The van der Waals surface area contributed by atoms with Crippen LogP contribution in [0.4, 0.5) is 17.6 Å². The van der Waals surface area contributed by atoms with Crippen molar-refractivity contribution in [2.75, 3.05) is 0 Å². The van der Waals surface area contributed by atoms with E-state index in [4.69, 9.17) is 5.84 Å². The minimum atomic E-state index is -4.51. The van der Waals surface area contributed by atoms with Crippen LogP contribution in [0.2, 0.25) is 0 Å². The van der Waals surface area contributed by atoms with Crippen LogP contribution < -0.4 is 11.3 Å². The average molecular weight is 298 g/mol. The number of hydrogen-bond acceptors (Lipinski definition) is 2. The topological polar surface area (TPSA) is 38.0 Å². The zero-order valence-electron chi connectivity index (χ0n) is 11.2. The summed E-state index contributed by atoms with van der Waals surface area (Å²) in [7, 11) is 0. The van der Waals surface area contributed by atoms with E-state index in [9.17, 15) is 17.6 Å². The molecule has 3 N–H and O–H groups in total. The molecule has 2 aromatic carbocycles. The maximum absolute atomic E-state index is 13.5. The molecular formula is C15H14F4N2. The third-order valence-electron chi connectivity index (χ3n) is 3.14. The highest BCUT2D eigenvalue weighted by atomic mass is 19.4. The summed E-state index contributed by atoms with van der Waals surface area (Å²) < 4.78 is 52.7. The fraction of sp³-hybridized carbons (Fsp3) is 0.200. The van der Waals surface area contributed by atoms with Crippen molar-refractivity contribution < 1.29 is 17.6 Å². The molecule has 2 rings (SSSR count). The van der Waals surface area contributed by atoms with Gasteiger partial charge in [-0.3, -0.25) is 5.84 Å². The van der Waals surface area contributed by atoms with E-state index in [2.05, 4.69) is 5.43 Å². The van der Waals surface area contributed by atoms with E-state index in [1.54, 1.807) is 13.0 Å². The molecule has 6 heteroatoms. The summed E-state index contributed by atoms with van der Waals surface area (Å²) >= 11 is 0. The fourth-order valence-corrected chi connectivity index (χ4v) is 2.30. The fourth-order valence-electron chi connectivity index (χ4n) is 2.30. The van der Waals surface area contributed by atoms with Crippen molar-refractivity contribution in [1.29, 1.82) is 0 Å². The standard InChI is InChI=1S/C15H14F4N2/c1-9-6-10(8-11(16)7-9)14(21-20)12-4-2-3-5-13(12)15(17,18)19/h2-8,14,21H,20H2,1H3. The van der Waals surface area contributed by atoms with Crippen molar-refractivity contribution in [1.82, 2.24) is 5.43 Å². The lowest BCUT2D eigenvalue weighted by atomic mass is 9.93. The highest BCUT2D eigenvalue weighted by Crippen LogP contribution is 2.36. The van der Waals surface area contributed by atoms with Crippen molar-refractivity contribution in [2.24, 2.45) is 5.84 Å². The van der Waals surface area contributed by atoms with E-state index in [0.717, 1.165) is 6.07 Å². The molecule has 0 spiro atoms. The minimum Gasteiger partial charge on any atom is -0.271 e. The Bertz CT molecular complexity index is 618. The summed E-state index contributed by atoms with van der Waals surface area (Å²) in [5.74, 6) is 4.89. The van der Waals surface area contributed by atoms with E-state index in [-0.39, 0.29) is 5.56 Å². The van der Waals surface area contributed by atoms with Gasteiger partial charge in [0, 0.05) is 0 Å². The Morgan fingerprint density at radius 3 is 2.33 bits per heavy atom. The molecule has 0 amide bonds. The zero-order chi connectivity index (χ0) is 15.6. The molecule has 2 nitrogen and oxygen atoms in total. The summed E-state index contributed by atoms with van der Waals surface area (Å²) in [5.41, 5.74) is 2.44. The molecule has 0 aromatic heterocycles. The van der Waals surface area contributed by atoms with E-state index >= 15 is 0 Å². The van der Waals surface area contributed by atoms with Crippen molar-refractivity contribution >= 4 is 0 Å². The predicted octanol–water partition coefficient (Wildman–Crippen LogP) is 3.71. The number of alkyl halides is 3. The van der Waals surface area contributed by atoms with Gasteiger partial charge >= 0.3 is 6.18 Å². The Morgan fingerprint density at radius 1 is 1.10 bits per heavy atom. The van der Waals surface area contributed by atoms with Gasteiger partial charge in [-0.05, 0) is 41.8 Å².